The van der Waals surface area contributed by atoms with E-state index in [4.69, 9.17) is 5.11 Å². The van der Waals surface area contributed by atoms with Gasteiger partial charge in [-0.3, -0.25) is 0 Å². The van der Waals surface area contributed by atoms with E-state index < -0.39 is 5.97 Å². The summed E-state index contributed by atoms with van der Waals surface area (Å²) >= 11 is 0. The van der Waals surface area contributed by atoms with Gasteiger partial charge in [0.15, 0.2) is 0 Å². The molecule has 0 atom stereocenters. The Morgan fingerprint density at radius 2 is 1.87 bits per heavy atom. The minimum absolute atomic E-state index is 0.135. The second kappa shape index (κ2) is 2.75. The Balaban J connectivity index is 2.43. The lowest BCUT2D eigenvalue weighted by molar-refractivity contribution is -0.132. The fraction of sp³-hybridized carbons (Fsp3) is 0.615. The van der Waals surface area contributed by atoms with Crippen molar-refractivity contribution in [3.63, 3.8) is 0 Å². The van der Waals surface area contributed by atoms with Crippen LogP contribution in [-0.2, 0) is 4.79 Å². The molecule has 0 amide bonds. The minimum atomic E-state index is -0.768. The molecule has 0 aromatic heterocycles. The number of allylic oxidation sites excluding steroid dienone is 3. The summed E-state index contributed by atoms with van der Waals surface area (Å²) < 4.78 is 0. The van der Waals surface area contributed by atoms with Gasteiger partial charge < -0.3 is 5.11 Å². The maximum absolute atomic E-state index is 11.0. The maximum atomic E-state index is 11.0. The van der Waals surface area contributed by atoms with E-state index >= 15 is 0 Å². The molecule has 0 heterocycles. The van der Waals surface area contributed by atoms with Crippen LogP contribution in [0.2, 0.25) is 0 Å². The third kappa shape index (κ3) is 1.43. The second-order valence-corrected chi connectivity index (χ2v) is 5.99. The van der Waals surface area contributed by atoms with Gasteiger partial charge in [-0.1, -0.05) is 33.3 Å². The van der Waals surface area contributed by atoms with Crippen molar-refractivity contribution in [2.45, 2.75) is 40.5 Å². The van der Waals surface area contributed by atoms with Crippen molar-refractivity contribution in [1.82, 2.24) is 0 Å². The molecule has 0 saturated carbocycles. The first kappa shape index (κ1) is 10.5. The first-order valence-electron chi connectivity index (χ1n) is 5.42. The largest absolute Gasteiger partial charge is 0.478 e. The first-order valence-corrected chi connectivity index (χ1v) is 5.42. The quantitative estimate of drug-likeness (QED) is 0.715. The first-order chi connectivity index (χ1) is 6.74. The molecule has 0 aromatic carbocycles. The summed E-state index contributed by atoms with van der Waals surface area (Å²) in [4.78, 5) is 11.0. The molecular weight excluding hydrogens is 188 g/mol. The van der Waals surface area contributed by atoms with Crippen molar-refractivity contribution in [3.8, 4) is 0 Å². The molecule has 0 radical (unpaired) electrons. The van der Waals surface area contributed by atoms with Gasteiger partial charge in [0.1, 0.15) is 0 Å². The fourth-order valence-electron chi connectivity index (χ4n) is 3.25. The smallest absolute Gasteiger partial charge is 0.331 e. The molecule has 2 rings (SSSR count). The molecule has 2 heteroatoms. The lowest BCUT2D eigenvalue weighted by atomic mass is 9.77. The summed E-state index contributed by atoms with van der Waals surface area (Å²) in [7, 11) is 0. The third-order valence-corrected chi connectivity index (χ3v) is 3.72. The van der Waals surface area contributed by atoms with E-state index in [1.54, 1.807) is 0 Å². The molecule has 2 nitrogen and oxygen atoms in total. The van der Waals surface area contributed by atoms with Crippen LogP contribution in [0.5, 0.6) is 0 Å². The minimum Gasteiger partial charge on any atom is -0.478 e. The van der Waals surface area contributed by atoms with E-state index in [9.17, 15) is 4.79 Å². The average molecular weight is 206 g/mol. The molecule has 0 saturated heterocycles. The van der Waals surface area contributed by atoms with E-state index in [1.165, 1.54) is 11.1 Å². The Bertz CT molecular complexity index is 395. The van der Waals surface area contributed by atoms with Crippen LogP contribution in [0.4, 0.5) is 0 Å². The summed E-state index contributed by atoms with van der Waals surface area (Å²) in [6.45, 7) is 8.85. The number of aliphatic carboxylic acids is 1. The van der Waals surface area contributed by atoms with Crippen LogP contribution in [0.25, 0.3) is 0 Å². The van der Waals surface area contributed by atoms with Gasteiger partial charge >= 0.3 is 5.97 Å². The lowest BCUT2D eigenvalue weighted by Crippen LogP contribution is -2.17. The normalized spacial score (nSPS) is 26.5. The van der Waals surface area contributed by atoms with Crippen molar-refractivity contribution in [1.29, 1.82) is 0 Å². The van der Waals surface area contributed by atoms with Crippen molar-refractivity contribution in [2.75, 3.05) is 0 Å². The number of rotatable bonds is 1. The molecule has 0 aromatic rings. The number of carboxylic acids is 1. The highest BCUT2D eigenvalue weighted by atomic mass is 16.4. The van der Waals surface area contributed by atoms with Crippen molar-refractivity contribution in [2.24, 2.45) is 10.8 Å². The Morgan fingerprint density at radius 3 is 2.33 bits per heavy atom. The van der Waals surface area contributed by atoms with Crippen molar-refractivity contribution >= 4 is 5.97 Å². The number of carbonyl (C=O) groups is 1. The number of hydrogen-bond acceptors (Lipinski definition) is 1. The highest BCUT2D eigenvalue weighted by Gasteiger charge is 2.45. The molecule has 0 spiro atoms. The van der Waals surface area contributed by atoms with Gasteiger partial charge in [-0.2, -0.15) is 0 Å². The van der Waals surface area contributed by atoms with Gasteiger partial charge in [0, 0.05) is 12.0 Å². The molecule has 0 bridgehead atoms. The monoisotopic (exact) mass is 206 g/mol. The van der Waals surface area contributed by atoms with Crippen LogP contribution in [-0.4, -0.2) is 11.1 Å². The van der Waals surface area contributed by atoms with E-state index in [1.807, 2.05) is 6.08 Å². The SMILES string of the molecule is CC1(C)CC(C)(C)C2=C1C=C(C(=O)O)C2. The Labute approximate surface area is 90.7 Å². The van der Waals surface area contributed by atoms with Crippen LogP contribution in [0.3, 0.4) is 0 Å². The van der Waals surface area contributed by atoms with Crippen LogP contribution in [0.15, 0.2) is 22.8 Å². The molecule has 82 valence electrons. The van der Waals surface area contributed by atoms with Gasteiger partial charge in [0.25, 0.3) is 0 Å². The number of hydrogen-bond donors (Lipinski definition) is 1. The molecular formula is C13H18O2. The van der Waals surface area contributed by atoms with Gasteiger partial charge in [-0.25, -0.2) is 4.79 Å². The van der Waals surface area contributed by atoms with Crippen molar-refractivity contribution < 1.29 is 9.90 Å². The summed E-state index contributed by atoms with van der Waals surface area (Å²) in [5, 5.41) is 9.01. The molecule has 2 aliphatic rings. The zero-order chi connectivity index (χ0) is 11.4. The zero-order valence-corrected chi connectivity index (χ0v) is 9.85. The third-order valence-electron chi connectivity index (χ3n) is 3.72. The summed E-state index contributed by atoms with van der Waals surface area (Å²) in [6, 6.07) is 0. The van der Waals surface area contributed by atoms with Gasteiger partial charge in [0.2, 0.25) is 0 Å². The molecule has 15 heavy (non-hydrogen) atoms. The average Bonchev–Trinajstić information content (AvgIpc) is 2.50. The Kier molecular flexibility index (Phi) is 1.92. The predicted octanol–water partition coefficient (Wildman–Crippen LogP) is 3.15. The molecule has 1 N–H and O–H groups in total. The Hall–Kier alpha value is -1.05. The van der Waals surface area contributed by atoms with Crippen LogP contribution in [0, 0.1) is 10.8 Å². The topological polar surface area (TPSA) is 37.3 Å². The van der Waals surface area contributed by atoms with E-state index in [-0.39, 0.29) is 10.8 Å². The van der Waals surface area contributed by atoms with E-state index in [2.05, 4.69) is 27.7 Å². The van der Waals surface area contributed by atoms with Gasteiger partial charge in [-0.05, 0) is 28.9 Å². The molecule has 0 unspecified atom stereocenters. The van der Waals surface area contributed by atoms with Crippen molar-refractivity contribution in [3.05, 3.63) is 22.8 Å². The molecule has 2 aliphatic carbocycles. The predicted molar refractivity (Wildman–Crippen MR) is 59.5 cm³/mol. The summed E-state index contributed by atoms with van der Waals surface area (Å²) in [5.41, 5.74) is 3.46. The fourth-order valence-corrected chi connectivity index (χ4v) is 3.25. The van der Waals surface area contributed by atoms with Crippen LogP contribution < -0.4 is 0 Å². The van der Waals surface area contributed by atoms with Gasteiger partial charge in [0.05, 0.1) is 0 Å². The zero-order valence-electron chi connectivity index (χ0n) is 9.85. The van der Waals surface area contributed by atoms with Crippen LogP contribution >= 0.6 is 0 Å². The maximum Gasteiger partial charge on any atom is 0.331 e. The lowest BCUT2D eigenvalue weighted by Gasteiger charge is -2.26. The van der Waals surface area contributed by atoms with Crippen LogP contribution in [0.1, 0.15) is 40.5 Å². The summed E-state index contributed by atoms with van der Waals surface area (Å²) in [6.07, 6.45) is 3.65. The molecule has 0 aliphatic heterocycles. The van der Waals surface area contributed by atoms with E-state index in [0.717, 1.165) is 6.42 Å². The standard InChI is InChI=1S/C13H18O2/c1-12(2)7-13(3,4)10-6-8(11(14)15)5-9(10)12/h5H,6-7H2,1-4H3,(H,14,15). The number of carboxylic acid groups (broad SMARTS) is 1. The summed E-state index contributed by atoms with van der Waals surface area (Å²) in [5.74, 6) is -0.768. The van der Waals surface area contributed by atoms with Gasteiger partial charge in [-0.15, -0.1) is 0 Å². The highest BCUT2D eigenvalue weighted by molar-refractivity contribution is 5.89. The van der Waals surface area contributed by atoms with E-state index in [0.29, 0.717) is 12.0 Å². The highest BCUT2D eigenvalue weighted by Crippen LogP contribution is 2.57. The second-order valence-electron chi connectivity index (χ2n) is 5.99. The Morgan fingerprint density at radius 1 is 1.27 bits per heavy atom. The molecule has 0 fully saturated rings.